The molecule has 2 aromatic heterocycles. The van der Waals surface area contributed by atoms with Crippen molar-refractivity contribution in [3.8, 4) is 11.4 Å². The zero-order chi connectivity index (χ0) is 20.5. The molecule has 1 unspecified atom stereocenters. The maximum Gasteiger partial charge on any atom is 0.335 e. The van der Waals surface area contributed by atoms with Crippen LogP contribution in [-0.4, -0.2) is 25.8 Å². The van der Waals surface area contributed by atoms with Crippen LogP contribution in [0.2, 0.25) is 0 Å². The molecule has 0 bridgehead atoms. The van der Waals surface area contributed by atoms with Crippen LogP contribution < -0.4 is 10.5 Å². The van der Waals surface area contributed by atoms with Gasteiger partial charge in [0.25, 0.3) is 0 Å². The second kappa shape index (κ2) is 7.23. The molecule has 1 atom stereocenters. The predicted octanol–water partition coefficient (Wildman–Crippen LogP) is 3.98. The van der Waals surface area contributed by atoms with Gasteiger partial charge in [0, 0.05) is 23.3 Å². The third-order valence-electron chi connectivity index (χ3n) is 4.54. The van der Waals surface area contributed by atoms with E-state index in [4.69, 9.17) is 10.5 Å². The number of carbonyl (C=O) groups is 1. The number of ether oxygens (including phenoxy) is 1. The quantitative estimate of drug-likeness (QED) is 0.532. The summed E-state index contributed by atoms with van der Waals surface area (Å²) in [7, 11) is 0. The average molecular weight is 392 g/mol. The summed E-state index contributed by atoms with van der Waals surface area (Å²) in [4.78, 5) is 15.7. The number of hydrogen-bond donors (Lipinski definition) is 2. The van der Waals surface area contributed by atoms with Crippen molar-refractivity contribution >= 4 is 22.7 Å². The lowest BCUT2D eigenvalue weighted by Crippen LogP contribution is -2.11. The van der Waals surface area contributed by atoms with Crippen molar-refractivity contribution in [1.82, 2.24) is 14.8 Å². The van der Waals surface area contributed by atoms with E-state index in [-0.39, 0.29) is 17.1 Å². The number of fused-ring (bicyclic) bond motifs is 1. The minimum Gasteiger partial charge on any atom is -0.482 e. The third kappa shape index (κ3) is 3.60. The van der Waals surface area contributed by atoms with Crippen LogP contribution in [0.25, 0.3) is 16.6 Å². The molecule has 0 radical (unpaired) electrons. The van der Waals surface area contributed by atoms with E-state index in [1.807, 2.05) is 0 Å². The number of aromatic nitrogens is 3. The molecule has 0 aliphatic carbocycles. The molecule has 0 spiro atoms. The molecule has 8 heteroatoms. The lowest BCUT2D eigenvalue weighted by Gasteiger charge is -2.20. The minimum absolute atomic E-state index is 0.123. The van der Waals surface area contributed by atoms with Crippen LogP contribution >= 0.6 is 0 Å². The number of hydrogen-bond acceptors (Lipinski definition) is 5. The van der Waals surface area contributed by atoms with Gasteiger partial charge >= 0.3 is 5.97 Å². The van der Waals surface area contributed by atoms with Crippen LogP contribution in [0, 0.1) is 5.82 Å². The van der Waals surface area contributed by atoms with E-state index in [2.05, 4.69) is 10.1 Å². The SMILES string of the molecule is CC(Oc1cc2cc(F)ccc2nc1N)c1cc(C(=O)O)ccc1-n1cccn1. The van der Waals surface area contributed by atoms with Crippen LogP contribution in [0.1, 0.15) is 28.9 Å². The lowest BCUT2D eigenvalue weighted by atomic mass is 10.0. The summed E-state index contributed by atoms with van der Waals surface area (Å²) in [6.45, 7) is 1.77. The van der Waals surface area contributed by atoms with E-state index in [1.165, 1.54) is 24.3 Å². The molecule has 7 nitrogen and oxygen atoms in total. The van der Waals surface area contributed by atoms with Crippen molar-refractivity contribution in [2.75, 3.05) is 5.73 Å². The zero-order valence-corrected chi connectivity index (χ0v) is 15.4. The van der Waals surface area contributed by atoms with Crippen LogP contribution in [0.4, 0.5) is 10.2 Å². The summed E-state index contributed by atoms with van der Waals surface area (Å²) in [5.74, 6) is -1.00. The van der Waals surface area contributed by atoms with Crippen molar-refractivity contribution in [1.29, 1.82) is 0 Å². The molecule has 29 heavy (non-hydrogen) atoms. The van der Waals surface area contributed by atoms with Crippen LogP contribution in [0.5, 0.6) is 5.75 Å². The smallest absolute Gasteiger partial charge is 0.335 e. The molecule has 0 aliphatic rings. The van der Waals surface area contributed by atoms with Crippen LogP contribution in [0.3, 0.4) is 0 Å². The number of benzene rings is 2. The molecule has 0 fully saturated rings. The Hall–Kier alpha value is -3.94. The number of nitrogens with zero attached hydrogens (tertiary/aromatic N) is 3. The number of halogens is 1. The van der Waals surface area contributed by atoms with Crippen molar-refractivity contribution in [3.05, 3.63) is 77.9 Å². The van der Waals surface area contributed by atoms with Crippen molar-refractivity contribution in [2.45, 2.75) is 13.0 Å². The highest BCUT2D eigenvalue weighted by molar-refractivity contribution is 5.88. The van der Waals surface area contributed by atoms with Crippen LogP contribution in [0.15, 0.2) is 60.9 Å². The maximum absolute atomic E-state index is 13.6. The van der Waals surface area contributed by atoms with E-state index in [0.717, 1.165) is 0 Å². The average Bonchev–Trinajstić information content (AvgIpc) is 3.23. The van der Waals surface area contributed by atoms with Crippen molar-refractivity contribution in [2.24, 2.45) is 0 Å². The number of carboxylic acids is 1. The van der Waals surface area contributed by atoms with Crippen molar-refractivity contribution < 1.29 is 19.0 Å². The predicted molar refractivity (Wildman–Crippen MR) is 106 cm³/mol. The fraction of sp³-hybridized carbons (Fsp3) is 0.0952. The molecule has 0 saturated carbocycles. The molecular weight excluding hydrogens is 375 g/mol. The first kappa shape index (κ1) is 18.4. The van der Waals surface area contributed by atoms with Gasteiger partial charge in [-0.05, 0) is 55.5 Å². The summed E-state index contributed by atoms with van der Waals surface area (Å²) in [5.41, 5.74) is 7.97. The number of aromatic carboxylic acids is 1. The van der Waals surface area contributed by atoms with Gasteiger partial charge in [0.05, 0.1) is 16.8 Å². The van der Waals surface area contributed by atoms with E-state index in [0.29, 0.717) is 22.2 Å². The second-order valence-corrected chi connectivity index (χ2v) is 6.50. The maximum atomic E-state index is 13.6. The third-order valence-corrected chi connectivity index (χ3v) is 4.54. The Kier molecular flexibility index (Phi) is 4.59. The van der Waals surface area contributed by atoms with Gasteiger partial charge in [-0.25, -0.2) is 18.9 Å². The van der Waals surface area contributed by atoms with Gasteiger partial charge in [-0.3, -0.25) is 0 Å². The second-order valence-electron chi connectivity index (χ2n) is 6.50. The Labute approximate surface area is 165 Å². The van der Waals surface area contributed by atoms with Gasteiger partial charge < -0.3 is 15.6 Å². The Balaban J connectivity index is 1.75. The first-order valence-electron chi connectivity index (χ1n) is 8.82. The Morgan fingerprint density at radius 3 is 2.79 bits per heavy atom. The monoisotopic (exact) mass is 392 g/mol. The van der Waals surface area contributed by atoms with Gasteiger partial charge in [-0.1, -0.05) is 0 Å². The highest BCUT2D eigenvalue weighted by Crippen LogP contribution is 2.32. The molecule has 2 aromatic carbocycles. The number of pyridine rings is 1. The van der Waals surface area contributed by atoms with E-state index >= 15 is 0 Å². The zero-order valence-electron chi connectivity index (χ0n) is 15.4. The van der Waals surface area contributed by atoms with E-state index in [1.54, 1.807) is 48.3 Å². The molecule has 0 amide bonds. The molecule has 3 N–H and O–H groups in total. The fourth-order valence-electron chi connectivity index (χ4n) is 3.12. The number of carboxylic acid groups (broad SMARTS) is 1. The Morgan fingerprint density at radius 2 is 2.07 bits per heavy atom. The largest absolute Gasteiger partial charge is 0.482 e. The first-order valence-corrected chi connectivity index (χ1v) is 8.82. The molecule has 146 valence electrons. The fourth-order valence-corrected chi connectivity index (χ4v) is 3.12. The number of rotatable bonds is 5. The number of anilines is 1. The first-order chi connectivity index (χ1) is 13.9. The topological polar surface area (TPSA) is 103 Å². The summed E-state index contributed by atoms with van der Waals surface area (Å²) < 4.78 is 21.2. The van der Waals surface area contributed by atoms with Gasteiger partial charge in [0.15, 0.2) is 11.6 Å². The summed E-state index contributed by atoms with van der Waals surface area (Å²) in [6.07, 6.45) is 2.80. The number of nitrogens with two attached hydrogens (primary N) is 1. The molecule has 0 saturated heterocycles. The summed E-state index contributed by atoms with van der Waals surface area (Å²) in [6, 6.07) is 12.3. The summed E-state index contributed by atoms with van der Waals surface area (Å²) in [5, 5.41) is 14.1. The molecule has 4 aromatic rings. The van der Waals surface area contributed by atoms with Gasteiger partial charge in [-0.15, -0.1) is 0 Å². The highest BCUT2D eigenvalue weighted by atomic mass is 19.1. The summed E-state index contributed by atoms with van der Waals surface area (Å²) >= 11 is 0. The standard InChI is InChI=1S/C21H17FN4O3/c1-12(29-19-11-14-9-15(22)4-5-17(14)25-20(19)23)16-10-13(21(27)28)3-6-18(16)26-8-2-7-24-26/h2-12H,1H3,(H2,23,25)(H,27,28). The van der Waals surface area contributed by atoms with Crippen LogP contribution in [-0.2, 0) is 0 Å². The highest BCUT2D eigenvalue weighted by Gasteiger charge is 2.19. The molecular formula is C21H17FN4O3. The van der Waals surface area contributed by atoms with Gasteiger partial charge in [0.1, 0.15) is 11.9 Å². The lowest BCUT2D eigenvalue weighted by molar-refractivity contribution is 0.0696. The Bertz CT molecular complexity index is 1210. The number of nitrogen functional groups attached to an aromatic ring is 1. The van der Waals surface area contributed by atoms with E-state index in [9.17, 15) is 14.3 Å². The van der Waals surface area contributed by atoms with Gasteiger partial charge in [0.2, 0.25) is 0 Å². The molecule has 4 rings (SSSR count). The van der Waals surface area contributed by atoms with E-state index < -0.39 is 17.9 Å². The molecule has 0 aliphatic heterocycles. The normalized spacial score (nSPS) is 12.1. The Morgan fingerprint density at radius 1 is 1.24 bits per heavy atom. The van der Waals surface area contributed by atoms with Gasteiger partial charge in [-0.2, -0.15) is 5.10 Å². The molecule has 2 heterocycles. The minimum atomic E-state index is -1.05. The van der Waals surface area contributed by atoms with Crippen molar-refractivity contribution in [3.63, 3.8) is 0 Å².